The molecule has 0 unspecified atom stereocenters. The van der Waals surface area contributed by atoms with Crippen molar-refractivity contribution in [2.24, 2.45) is 0 Å². The van der Waals surface area contributed by atoms with Gasteiger partial charge in [-0.05, 0) is 55.3 Å². The summed E-state index contributed by atoms with van der Waals surface area (Å²) in [7, 11) is -1.31. The summed E-state index contributed by atoms with van der Waals surface area (Å²) < 4.78 is 0. The third kappa shape index (κ3) is 5.34. The SMILES string of the molecule is C[C@@H](NP(c1ccccc1)c1ccccc1)[C]1[CH][CH][CH][C]1P(c1ccccc1)c1ccccc1. The predicted octanol–water partition coefficient (Wildman–Crippen LogP) is 5.88. The summed E-state index contributed by atoms with van der Waals surface area (Å²) in [6.07, 6.45) is 6.85. The molecule has 3 heteroatoms. The Morgan fingerprint density at radius 3 is 1.38 bits per heavy atom. The smallest absolute Gasteiger partial charge is 0.0256 e. The molecule has 0 bridgehead atoms. The van der Waals surface area contributed by atoms with Gasteiger partial charge in [-0.3, -0.25) is 5.09 Å². The Morgan fingerprint density at radius 2 is 0.941 bits per heavy atom. The average molecular weight is 477 g/mol. The number of benzene rings is 4. The highest BCUT2D eigenvalue weighted by molar-refractivity contribution is 7.76. The van der Waals surface area contributed by atoms with Gasteiger partial charge in [-0.15, -0.1) is 0 Å². The second kappa shape index (κ2) is 11.4. The summed E-state index contributed by atoms with van der Waals surface area (Å²) in [4.78, 5) is 0. The number of hydrogen-bond donors (Lipinski definition) is 1. The van der Waals surface area contributed by atoms with Gasteiger partial charge in [0.25, 0.3) is 0 Å². The molecule has 167 valence electrons. The van der Waals surface area contributed by atoms with Crippen molar-refractivity contribution < 1.29 is 0 Å². The van der Waals surface area contributed by atoms with Crippen molar-refractivity contribution in [2.45, 2.75) is 13.0 Å². The second-order valence-electron chi connectivity index (χ2n) is 8.23. The first kappa shape index (κ1) is 23.4. The first-order chi connectivity index (χ1) is 16.8. The van der Waals surface area contributed by atoms with Crippen molar-refractivity contribution >= 4 is 37.2 Å². The summed E-state index contributed by atoms with van der Waals surface area (Å²) in [5.74, 6) is 1.39. The van der Waals surface area contributed by atoms with Gasteiger partial charge in [-0.2, -0.15) is 0 Å². The van der Waals surface area contributed by atoms with Crippen LogP contribution < -0.4 is 26.3 Å². The fourth-order valence-electron chi connectivity index (χ4n) is 4.29. The Balaban J connectivity index is 1.45. The third-order valence-electron chi connectivity index (χ3n) is 5.91. The van der Waals surface area contributed by atoms with Gasteiger partial charge in [0.1, 0.15) is 0 Å². The van der Waals surface area contributed by atoms with E-state index in [0.29, 0.717) is 0 Å². The van der Waals surface area contributed by atoms with Gasteiger partial charge in [-0.25, -0.2) is 0 Å². The molecule has 0 heterocycles. The predicted molar refractivity (Wildman–Crippen MR) is 150 cm³/mol. The van der Waals surface area contributed by atoms with Gasteiger partial charge < -0.3 is 0 Å². The topological polar surface area (TPSA) is 12.0 Å². The van der Waals surface area contributed by atoms with E-state index in [-0.39, 0.29) is 6.04 Å². The maximum absolute atomic E-state index is 4.03. The minimum absolute atomic E-state index is 0.217. The number of rotatable bonds is 8. The van der Waals surface area contributed by atoms with Crippen molar-refractivity contribution in [1.29, 1.82) is 0 Å². The standard InChI is InChI=1S/C31H28NP2/c1-25(32-34(28-19-10-4-11-20-28)29-21-12-5-13-22-29)30-23-14-24-31(30)33(26-15-6-2-7-16-26)27-17-8-3-9-18-27/h2-25,32H,1H3/t25-/m1/s1. The Hall–Kier alpha value is -2.30. The largest absolute Gasteiger partial charge is 0.285 e. The molecule has 5 rings (SSSR count). The molecule has 1 fully saturated rings. The molecule has 1 aliphatic rings. The van der Waals surface area contributed by atoms with E-state index in [0.717, 1.165) is 0 Å². The fraction of sp³-hybridized carbons (Fsp3) is 0.0645. The average Bonchev–Trinajstić information content (AvgIpc) is 3.39. The summed E-state index contributed by atoms with van der Waals surface area (Å²) in [5, 5.41) is 9.49. The van der Waals surface area contributed by atoms with E-state index >= 15 is 0 Å². The molecule has 5 radical (unpaired) electrons. The first-order valence-electron chi connectivity index (χ1n) is 11.6. The Kier molecular flexibility index (Phi) is 7.87. The van der Waals surface area contributed by atoms with Gasteiger partial charge in [0.2, 0.25) is 0 Å². The van der Waals surface area contributed by atoms with Gasteiger partial charge in [0, 0.05) is 25.7 Å². The van der Waals surface area contributed by atoms with Crippen LogP contribution in [0.3, 0.4) is 0 Å². The van der Waals surface area contributed by atoms with Crippen LogP contribution in [-0.4, -0.2) is 6.04 Å². The normalized spacial score (nSPS) is 15.7. The molecule has 0 spiro atoms. The summed E-state index contributed by atoms with van der Waals surface area (Å²) in [6.45, 7) is 2.31. The third-order valence-corrected chi connectivity index (χ3v) is 10.7. The van der Waals surface area contributed by atoms with Gasteiger partial charge in [-0.1, -0.05) is 121 Å². The minimum Gasteiger partial charge on any atom is -0.285 e. The molecule has 1 nitrogen and oxygen atoms in total. The van der Waals surface area contributed by atoms with Crippen LogP contribution in [0.15, 0.2) is 121 Å². The van der Waals surface area contributed by atoms with Crippen LogP contribution in [-0.2, 0) is 0 Å². The fourth-order valence-corrected chi connectivity index (χ4v) is 8.91. The van der Waals surface area contributed by atoms with Crippen LogP contribution in [0.25, 0.3) is 0 Å². The van der Waals surface area contributed by atoms with E-state index in [1.807, 2.05) is 0 Å². The van der Waals surface area contributed by atoms with E-state index in [9.17, 15) is 0 Å². The number of nitrogens with one attached hydrogen (secondary N) is 1. The highest BCUT2D eigenvalue weighted by Gasteiger charge is 2.40. The van der Waals surface area contributed by atoms with Crippen LogP contribution in [0, 0.1) is 30.8 Å². The molecular weight excluding hydrogens is 448 g/mol. The lowest BCUT2D eigenvalue weighted by atomic mass is 10.0. The second-order valence-corrected chi connectivity index (χ2v) is 12.4. The molecule has 0 aliphatic heterocycles. The van der Waals surface area contributed by atoms with Crippen LogP contribution in [0.5, 0.6) is 0 Å². The molecule has 0 aromatic heterocycles. The molecular formula is C31H28NP2. The number of hydrogen-bond acceptors (Lipinski definition) is 1. The van der Waals surface area contributed by atoms with Crippen molar-refractivity contribution in [1.82, 2.24) is 5.09 Å². The Labute approximate surface area is 207 Å². The minimum atomic E-state index is -0.678. The summed E-state index contributed by atoms with van der Waals surface area (Å²) in [5.41, 5.74) is 1.43. The lowest BCUT2D eigenvalue weighted by Gasteiger charge is -2.34. The van der Waals surface area contributed by atoms with E-state index in [4.69, 9.17) is 0 Å². The first-order valence-corrected chi connectivity index (χ1v) is 14.3. The molecule has 1 N–H and O–H groups in total. The van der Waals surface area contributed by atoms with E-state index in [1.165, 1.54) is 32.8 Å². The summed E-state index contributed by atoms with van der Waals surface area (Å²) >= 11 is 0. The van der Waals surface area contributed by atoms with Gasteiger partial charge >= 0.3 is 0 Å². The van der Waals surface area contributed by atoms with Gasteiger partial charge in [0.05, 0.1) is 0 Å². The van der Waals surface area contributed by atoms with Crippen molar-refractivity contribution in [3.8, 4) is 0 Å². The van der Waals surface area contributed by atoms with Crippen LogP contribution >= 0.6 is 16.0 Å². The van der Waals surface area contributed by atoms with Crippen LogP contribution in [0.4, 0.5) is 0 Å². The Morgan fingerprint density at radius 1 is 0.529 bits per heavy atom. The molecule has 1 atom stereocenters. The summed E-state index contributed by atoms with van der Waals surface area (Å²) in [6, 6.07) is 43.8. The van der Waals surface area contributed by atoms with Crippen molar-refractivity contribution in [3.63, 3.8) is 0 Å². The maximum Gasteiger partial charge on any atom is 0.0256 e. The zero-order valence-corrected chi connectivity index (χ0v) is 21.0. The zero-order valence-electron chi connectivity index (χ0n) is 19.3. The van der Waals surface area contributed by atoms with E-state index in [1.54, 1.807) is 0 Å². The maximum atomic E-state index is 4.03. The lowest BCUT2D eigenvalue weighted by Crippen LogP contribution is -2.36. The molecule has 4 aromatic rings. The van der Waals surface area contributed by atoms with E-state index < -0.39 is 16.0 Å². The monoisotopic (exact) mass is 476 g/mol. The molecule has 0 amide bonds. The van der Waals surface area contributed by atoms with E-state index in [2.05, 4.69) is 153 Å². The highest BCUT2D eigenvalue weighted by atomic mass is 31.1. The Bertz CT molecular complexity index is 1060. The molecule has 0 saturated heterocycles. The molecule has 1 aliphatic carbocycles. The van der Waals surface area contributed by atoms with Crippen LogP contribution in [0.1, 0.15) is 6.92 Å². The van der Waals surface area contributed by atoms with Crippen molar-refractivity contribution in [3.05, 3.63) is 152 Å². The van der Waals surface area contributed by atoms with Gasteiger partial charge in [0.15, 0.2) is 0 Å². The highest BCUT2D eigenvalue weighted by Crippen LogP contribution is 2.57. The quantitative estimate of drug-likeness (QED) is 0.313. The van der Waals surface area contributed by atoms with Crippen LogP contribution in [0.2, 0.25) is 0 Å². The molecule has 4 aromatic carbocycles. The zero-order chi connectivity index (χ0) is 23.2. The lowest BCUT2D eigenvalue weighted by molar-refractivity contribution is 0.734. The van der Waals surface area contributed by atoms with Crippen molar-refractivity contribution in [2.75, 3.05) is 0 Å². The molecule has 34 heavy (non-hydrogen) atoms. The molecule has 1 saturated carbocycles.